The smallest absolute Gasteiger partial charge is 0.335 e. The molecule has 0 radical (unpaired) electrons. The van der Waals surface area contributed by atoms with E-state index in [0.717, 1.165) is 24.2 Å². The van der Waals surface area contributed by atoms with Gasteiger partial charge in [0.2, 0.25) is 0 Å². The van der Waals surface area contributed by atoms with Crippen LogP contribution in [0.3, 0.4) is 0 Å². The van der Waals surface area contributed by atoms with Gasteiger partial charge in [-0.1, -0.05) is 27.7 Å². The van der Waals surface area contributed by atoms with E-state index in [1.54, 1.807) is 6.20 Å². The summed E-state index contributed by atoms with van der Waals surface area (Å²) in [6.07, 6.45) is 3.64. The van der Waals surface area contributed by atoms with Crippen LogP contribution in [0.25, 0.3) is 0 Å². The molecule has 3 rings (SSSR count). The normalized spacial score (nSPS) is 17.2. The maximum Gasteiger partial charge on any atom is 0.335 e. The number of nitrogens with one attached hydrogen (secondary N) is 1. The molecule has 1 aliphatic carbocycles. The van der Waals surface area contributed by atoms with Gasteiger partial charge in [0, 0.05) is 16.4 Å². The first-order valence-electron chi connectivity index (χ1n) is 8.63. The van der Waals surface area contributed by atoms with Crippen LogP contribution in [-0.2, 0) is 10.8 Å². The molecule has 0 spiro atoms. The molecule has 136 valence electrons. The van der Waals surface area contributed by atoms with E-state index in [1.807, 2.05) is 0 Å². The second kappa shape index (κ2) is 6.20. The van der Waals surface area contributed by atoms with Crippen LogP contribution in [-0.4, -0.2) is 27.0 Å². The van der Waals surface area contributed by atoms with Crippen molar-refractivity contribution in [2.75, 3.05) is 5.32 Å². The van der Waals surface area contributed by atoms with Crippen LogP contribution in [0.15, 0.2) is 30.5 Å². The number of carboxylic acid groups (broad SMARTS) is 1. The Morgan fingerprint density at radius 2 is 1.50 bits per heavy atom. The second-order valence-corrected chi connectivity index (χ2v) is 8.06. The standard InChI is InChI=1S/C20H23N3O3/c1-19(2)9-10-20(3,4)16-15(19)21-11-14(22-16)23-17(24)12-5-7-13(8-6-12)18(25)26/h5-8,11H,9-10H2,1-4H3,(H,25,26)(H,22,23,24). The van der Waals surface area contributed by atoms with Gasteiger partial charge in [0.25, 0.3) is 5.91 Å². The average Bonchev–Trinajstić information content (AvgIpc) is 2.59. The molecule has 0 bridgehead atoms. The quantitative estimate of drug-likeness (QED) is 0.876. The highest BCUT2D eigenvalue weighted by Crippen LogP contribution is 2.43. The fourth-order valence-corrected chi connectivity index (χ4v) is 3.23. The Kier molecular flexibility index (Phi) is 4.30. The first kappa shape index (κ1) is 18.0. The van der Waals surface area contributed by atoms with E-state index in [0.29, 0.717) is 11.4 Å². The summed E-state index contributed by atoms with van der Waals surface area (Å²) < 4.78 is 0. The van der Waals surface area contributed by atoms with E-state index in [1.165, 1.54) is 24.3 Å². The van der Waals surface area contributed by atoms with Crippen LogP contribution >= 0.6 is 0 Å². The number of carbonyl (C=O) groups excluding carboxylic acids is 1. The molecule has 1 heterocycles. The second-order valence-electron chi connectivity index (χ2n) is 8.06. The van der Waals surface area contributed by atoms with Gasteiger partial charge in [0.1, 0.15) is 0 Å². The first-order valence-corrected chi connectivity index (χ1v) is 8.63. The summed E-state index contributed by atoms with van der Waals surface area (Å²) in [5.74, 6) is -0.965. The van der Waals surface area contributed by atoms with Gasteiger partial charge in [-0.2, -0.15) is 0 Å². The summed E-state index contributed by atoms with van der Waals surface area (Å²) in [4.78, 5) is 32.6. The van der Waals surface area contributed by atoms with Gasteiger partial charge in [-0.05, 0) is 37.1 Å². The lowest BCUT2D eigenvalue weighted by atomic mass is 9.67. The van der Waals surface area contributed by atoms with Crippen molar-refractivity contribution in [1.82, 2.24) is 9.97 Å². The fourth-order valence-electron chi connectivity index (χ4n) is 3.23. The molecular weight excluding hydrogens is 330 g/mol. The van der Waals surface area contributed by atoms with Crippen molar-refractivity contribution in [1.29, 1.82) is 0 Å². The lowest BCUT2D eigenvalue weighted by Crippen LogP contribution is -2.36. The monoisotopic (exact) mass is 353 g/mol. The number of aromatic nitrogens is 2. The van der Waals surface area contributed by atoms with E-state index in [-0.39, 0.29) is 22.3 Å². The van der Waals surface area contributed by atoms with Crippen molar-refractivity contribution >= 4 is 17.7 Å². The number of benzene rings is 1. The highest BCUT2D eigenvalue weighted by Gasteiger charge is 2.39. The number of anilines is 1. The molecule has 26 heavy (non-hydrogen) atoms. The van der Waals surface area contributed by atoms with E-state index in [2.05, 4.69) is 43.0 Å². The van der Waals surface area contributed by atoms with Crippen LogP contribution in [0.4, 0.5) is 5.82 Å². The predicted octanol–water partition coefficient (Wildman–Crippen LogP) is 3.78. The predicted molar refractivity (Wildman–Crippen MR) is 98.7 cm³/mol. The van der Waals surface area contributed by atoms with Crippen LogP contribution in [0.5, 0.6) is 0 Å². The summed E-state index contributed by atoms with van der Waals surface area (Å²) >= 11 is 0. The SMILES string of the molecule is CC1(C)CCC(C)(C)c2nc(NC(=O)c3ccc(C(=O)O)cc3)cnc21. The summed E-state index contributed by atoms with van der Waals surface area (Å²) in [7, 11) is 0. The van der Waals surface area contributed by atoms with Crippen LogP contribution < -0.4 is 5.32 Å². The molecule has 1 aromatic heterocycles. The topological polar surface area (TPSA) is 92.2 Å². The number of nitrogens with zero attached hydrogens (tertiary/aromatic N) is 2. The van der Waals surface area contributed by atoms with E-state index < -0.39 is 5.97 Å². The van der Waals surface area contributed by atoms with Gasteiger partial charge in [-0.15, -0.1) is 0 Å². The number of carboxylic acids is 1. The van der Waals surface area contributed by atoms with Crippen LogP contribution in [0.2, 0.25) is 0 Å². The molecule has 1 aliphatic rings. The minimum Gasteiger partial charge on any atom is -0.478 e. The van der Waals surface area contributed by atoms with E-state index in [4.69, 9.17) is 5.11 Å². The van der Waals surface area contributed by atoms with Crippen molar-refractivity contribution in [3.8, 4) is 0 Å². The zero-order chi connectivity index (χ0) is 19.1. The van der Waals surface area contributed by atoms with Crippen LogP contribution in [0.1, 0.15) is 72.6 Å². The fraction of sp³-hybridized carbons (Fsp3) is 0.400. The lowest BCUT2D eigenvalue weighted by Gasteiger charge is -2.39. The van der Waals surface area contributed by atoms with Gasteiger partial charge in [-0.25, -0.2) is 9.78 Å². The minimum atomic E-state index is -1.03. The molecule has 0 saturated heterocycles. The molecule has 2 N–H and O–H groups in total. The van der Waals surface area contributed by atoms with Crippen molar-refractivity contribution in [3.05, 3.63) is 53.0 Å². The van der Waals surface area contributed by atoms with Gasteiger partial charge in [0.15, 0.2) is 5.82 Å². The van der Waals surface area contributed by atoms with Gasteiger partial charge < -0.3 is 10.4 Å². The lowest BCUT2D eigenvalue weighted by molar-refractivity contribution is 0.0696. The number of carbonyl (C=O) groups is 2. The third kappa shape index (κ3) is 3.31. The van der Waals surface area contributed by atoms with Gasteiger partial charge >= 0.3 is 5.97 Å². The number of fused-ring (bicyclic) bond motifs is 1. The van der Waals surface area contributed by atoms with Crippen molar-refractivity contribution in [2.24, 2.45) is 0 Å². The average molecular weight is 353 g/mol. The Hall–Kier alpha value is -2.76. The summed E-state index contributed by atoms with van der Waals surface area (Å²) in [5.41, 5.74) is 2.29. The van der Waals surface area contributed by atoms with Crippen molar-refractivity contribution < 1.29 is 14.7 Å². The molecule has 6 nitrogen and oxygen atoms in total. The third-order valence-electron chi connectivity index (χ3n) is 5.07. The highest BCUT2D eigenvalue weighted by atomic mass is 16.4. The Morgan fingerprint density at radius 3 is 2.08 bits per heavy atom. The van der Waals surface area contributed by atoms with Gasteiger partial charge in [-0.3, -0.25) is 9.78 Å². The number of hydrogen-bond donors (Lipinski definition) is 2. The Bertz CT molecular complexity index is 870. The molecule has 0 unspecified atom stereocenters. The third-order valence-corrected chi connectivity index (χ3v) is 5.07. The largest absolute Gasteiger partial charge is 0.478 e. The first-order chi connectivity index (χ1) is 12.1. The molecular formula is C20H23N3O3. The Morgan fingerprint density at radius 1 is 0.962 bits per heavy atom. The number of rotatable bonds is 3. The number of amides is 1. The molecule has 2 aromatic rings. The molecule has 0 saturated carbocycles. The molecule has 0 atom stereocenters. The summed E-state index contributed by atoms with van der Waals surface area (Å²) in [6, 6.07) is 5.78. The van der Waals surface area contributed by atoms with Gasteiger partial charge in [0.05, 0.1) is 23.1 Å². The van der Waals surface area contributed by atoms with Crippen LogP contribution in [0, 0.1) is 0 Å². The Labute approximate surface area is 152 Å². The zero-order valence-electron chi connectivity index (χ0n) is 15.5. The maximum absolute atomic E-state index is 12.4. The van der Waals surface area contributed by atoms with E-state index >= 15 is 0 Å². The summed E-state index contributed by atoms with van der Waals surface area (Å²) in [5, 5.41) is 11.7. The maximum atomic E-state index is 12.4. The molecule has 1 aromatic carbocycles. The molecule has 6 heteroatoms. The zero-order valence-corrected chi connectivity index (χ0v) is 15.5. The van der Waals surface area contributed by atoms with Crippen molar-refractivity contribution in [2.45, 2.75) is 51.4 Å². The Balaban J connectivity index is 1.87. The number of aromatic carboxylic acids is 1. The number of hydrogen-bond acceptors (Lipinski definition) is 4. The van der Waals surface area contributed by atoms with Crippen molar-refractivity contribution in [3.63, 3.8) is 0 Å². The van der Waals surface area contributed by atoms with E-state index in [9.17, 15) is 9.59 Å². The molecule has 0 fully saturated rings. The highest BCUT2D eigenvalue weighted by molar-refractivity contribution is 6.04. The minimum absolute atomic E-state index is 0.0347. The molecule has 1 amide bonds. The summed E-state index contributed by atoms with van der Waals surface area (Å²) in [6.45, 7) is 8.62. The molecule has 0 aliphatic heterocycles.